The number of nitrogens with zero attached hydrogens (tertiary/aromatic N) is 1. The zero-order valence-electron chi connectivity index (χ0n) is 13.1. The topological polar surface area (TPSA) is 66.8 Å². The maximum absolute atomic E-state index is 13.9. The summed E-state index contributed by atoms with van der Waals surface area (Å²) in [5.41, 5.74) is -0.0712. The van der Waals surface area contributed by atoms with Crippen molar-refractivity contribution in [2.75, 3.05) is 19.8 Å². The summed E-state index contributed by atoms with van der Waals surface area (Å²) in [7, 11) is 0. The number of rotatable bonds is 5. The van der Waals surface area contributed by atoms with Gasteiger partial charge in [0.2, 0.25) is 5.91 Å². The van der Waals surface area contributed by atoms with Crippen molar-refractivity contribution in [3.63, 3.8) is 0 Å². The number of carboxylic acid groups (broad SMARTS) is 1. The zero-order chi connectivity index (χ0) is 17.3. The molecule has 1 aliphatic heterocycles. The van der Waals surface area contributed by atoms with Crippen LogP contribution in [-0.2, 0) is 14.3 Å². The van der Waals surface area contributed by atoms with E-state index in [1.807, 2.05) is 0 Å². The lowest BCUT2D eigenvalue weighted by molar-refractivity contribution is -0.148. The van der Waals surface area contributed by atoms with Gasteiger partial charge in [-0.05, 0) is 31.4 Å². The third-order valence-corrected chi connectivity index (χ3v) is 4.70. The first-order chi connectivity index (χ1) is 11.5. The van der Waals surface area contributed by atoms with E-state index in [1.165, 1.54) is 23.1 Å². The second-order valence-electron chi connectivity index (χ2n) is 6.29. The van der Waals surface area contributed by atoms with Crippen LogP contribution in [-0.4, -0.2) is 47.7 Å². The molecular weight excluding hydrogens is 320 g/mol. The van der Waals surface area contributed by atoms with Gasteiger partial charge in [0, 0.05) is 36.7 Å². The molecule has 7 heteroatoms. The first kappa shape index (κ1) is 16.8. The Bertz CT molecular complexity index is 625. The molecule has 5 nitrogen and oxygen atoms in total. The average molecular weight is 339 g/mol. The second kappa shape index (κ2) is 6.84. The first-order valence-electron chi connectivity index (χ1n) is 8.03. The lowest BCUT2D eigenvalue weighted by Crippen LogP contribution is -2.46. The van der Waals surface area contributed by atoms with Gasteiger partial charge < -0.3 is 14.7 Å². The smallest absolute Gasteiger partial charge is 0.323 e. The number of amides is 1. The number of halogens is 2. The largest absolute Gasteiger partial charge is 0.480 e. The fraction of sp³-hybridized carbons (Fsp3) is 0.529. The van der Waals surface area contributed by atoms with Crippen molar-refractivity contribution in [2.45, 2.75) is 31.2 Å². The van der Waals surface area contributed by atoms with Crippen LogP contribution in [0.15, 0.2) is 18.2 Å². The van der Waals surface area contributed by atoms with Gasteiger partial charge in [0.25, 0.3) is 0 Å². The van der Waals surface area contributed by atoms with Gasteiger partial charge in [-0.25, -0.2) is 8.78 Å². The predicted molar refractivity (Wildman–Crippen MR) is 80.4 cm³/mol. The number of carbonyl (C=O) groups excluding carboxylic acids is 1. The van der Waals surface area contributed by atoms with Crippen LogP contribution in [0.25, 0.3) is 0 Å². The van der Waals surface area contributed by atoms with Crippen LogP contribution in [0.5, 0.6) is 0 Å². The van der Waals surface area contributed by atoms with E-state index in [4.69, 9.17) is 9.84 Å². The van der Waals surface area contributed by atoms with E-state index in [-0.39, 0.29) is 17.5 Å². The minimum atomic E-state index is -1.09. The molecule has 0 radical (unpaired) electrons. The summed E-state index contributed by atoms with van der Waals surface area (Å²) in [4.78, 5) is 25.2. The summed E-state index contributed by atoms with van der Waals surface area (Å²) in [5.74, 6) is -3.83. The number of carboxylic acids is 1. The maximum Gasteiger partial charge on any atom is 0.323 e. The minimum Gasteiger partial charge on any atom is -0.480 e. The third kappa shape index (κ3) is 3.40. The van der Waals surface area contributed by atoms with Crippen molar-refractivity contribution < 1.29 is 28.2 Å². The molecule has 24 heavy (non-hydrogen) atoms. The minimum absolute atomic E-state index is 0.0712. The highest BCUT2D eigenvalue weighted by Crippen LogP contribution is 2.50. The Kier molecular flexibility index (Phi) is 4.80. The van der Waals surface area contributed by atoms with Crippen molar-refractivity contribution >= 4 is 11.9 Å². The molecule has 3 rings (SSSR count). The van der Waals surface area contributed by atoms with Crippen molar-refractivity contribution in [1.82, 2.24) is 4.90 Å². The van der Waals surface area contributed by atoms with Gasteiger partial charge in [-0.15, -0.1) is 0 Å². The van der Waals surface area contributed by atoms with E-state index in [0.29, 0.717) is 32.5 Å². The quantitative estimate of drug-likeness (QED) is 0.893. The van der Waals surface area contributed by atoms with Gasteiger partial charge in [-0.3, -0.25) is 9.59 Å². The number of ether oxygens (including phenoxy) is 1. The molecule has 130 valence electrons. The SMILES string of the molecule is O=C(O)CN(C(=O)C1CC1c1c(F)cccc1F)C1CCOCC1. The Labute approximate surface area is 138 Å². The summed E-state index contributed by atoms with van der Waals surface area (Å²) in [6.07, 6.45) is 1.49. The number of aliphatic carboxylic acids is 1. The van der Waals surface area contributed by atoms with Gasteiger partial charge in [0.1, 0.15) is 18.2 Å². The second-order valence-corrected chi connectivity index (χ2v) is 6.29. The molecule has 2 fully saturated rings. The van der Waals surface area contributed by atoms with E-state index in [0.717, 1.165) is 0 Å². The summed E-state index contributed by atoms with van der Waals surface area (Å²) in [6.45, 7) is 0.556. The molecule has 1 aromatic rings. The Morgan fingerprint density at radius 1 is 1.21 bits per heavy atom. The molecule has 2 unspecified atom stereocenters. The highest BCUT2D eigenvalue weighted by atomic mass is 19.1. The van der Waals surface area contributed by atoms with Crippen molar-refractivity contribution in [3.8, 4) is 0 Å². The molecule has 1 aliphatic carbocycles. The summed E-state index contributed by atoms with van der Waals surface area (Å²) < 4.78 is 33.0. The summed E-state index contributed by atoms with van der Waals surface area (Å²) in [6, 6.07) is 3.43. The molecule has 0 aromatic heterocycles. The lowest BCUT2D eigenvalue weighted by Gasteiger charge is -2.33. The molecule has 1 saturated heterocycles. The third-order valence-electron chi connectivity index (χ3n) is 4.70. The van der Waals surface area contributed by atoms with Gasteiger partial charge in [-0.1, -0.05) is 6.07 Å². The van der Waals surface area contributed by atoms with Gasteiger partial charge in [0.15, 0.2) is 0 Å². The van der Waals surface area contributed by atoms with Crippen molar-refractivity contribution in [2.24, 2.45) is 5.92 Å². The van der Waals surface area contributed by atoms with Crippen LogP contribution in [0.3, 0.4) is 0 Å². The van der Waals surface area contributed by atoms with E-state index in [9.17, 15) is 18.4 Å². The predicted octanol–water partition coefficient (Wildman–Crippen LogP) is 2.16. The summed E-state index contributed by atoms with van der Waals surface area (Å²) >= 11 is 0. The zero-order valence-corrected chi connectivity index (χ0v) is 13.1. The maximum atomic E-state index is 13.9. The molecule has 1 aromatic carbocycles. The molecule has 1 heterocycles. The first-order valence-corrected chi connectivity index (χ1v) is 8.03. The Morgan fingerprint density at radius 3 is 2.42 bits per heavy atom. The van der Waals surface area contributed by atoms with E-state index in [2.05, 4.69) is 0 Å². The Hall–Kier alpha value is -2.02. The fourth-order valence-corrected chi connectivity index (χ4v) is 3.39. The summed E-state index contributed by atoms with van der Waals surface area (Å²) in [5, 5.41) is 9.09. The number of carbonyl (C=O) groups is 2. The molecule has 1 amide bonds. The van der Waals surface area contributed by atoms with E-state index in [1.54, 1.807) is 0 Å². The molecule has 2 aliphatic rings. The lowest BCUT2D eigenvalue weighted by atomic mass is 10.0. The number of hydrogen-bond acceptors (Lipinski definition) is 3. The van der Waals surface area contributed by atoms with Crippen LogP contribution in [0, 0.1) is 17.6 Å². The highest BCUT2D eigenvalue weighted by molar-refractivity contribution is 5.86. The fourth-order valence-electron chi connectivity index (χ4n) is 3.39. The monoisotopic (exact) mass is 339 g/mol. The van der Waals surface area contributed by atoms with Crippen molar-refractivity contribution in [3.05, 3.63) is 35.4 Å². The van der Waals surface area contributed by atoms with E-state index < -0.39 is 36.0 Å². The van der Waals surface area contributed by atoms with Crippen LogP contribution in [0.4, 0.5) is 8.78 Å². The molecule has 0 spiro atoms. The number of benzene rings is 1. The average Bonchev–Trinajstić information content (AvgIpc) is 3.33. The Morgan fingerprint density at radius 2 is 1.83 bits per heavy atom. The van der Waals surface area contributed by atoms with Gasteiger partial charge >= 0.3 is 5.97 Å². The Balaban J connectivity index is 1.75. The molecule has 0 bridgehead atoms. The van der Waals surface area contributed by atoms with Gasteiger partial charge in [0.05, 0.1) is 0 Å². The number of hydrogen-bond donors (Lipinski definition) is 1. The van der Waals surface area contributed by atoms with E-state index >= 15 is 0 Å². The molecule has 1 saturated carbocycles. The molecule has 2 atom stereocenters. The van der Waals surface area contributed by atoms with Gasteiger partial charge in [-0.2, -0.15) is 0 Å². The molecular formula is C17H19F2NO4. The normalized spacial score (nSPS) is 23.8. The standard InChI is InChI=1S/C17H19F2NO4/c18-13-2-1-3-14(19)16(13)11-8-12(11)17(23)20(9-15(21)22)10-4-6-24-7-5-10/h1-3,10-12H,4-9H2,(H,21,22). The van der Waals surface area contributed by atoms with Crippen molar-refractivity contribution in [1.29, 1.82) is 0 Å². The van der Waals surface area contributed by atoms with Crippen LogP contribution < -0.4 is 0 Å². The highest BCUT2D eigenvalue weighted by Gasteiger charge is 2.49. The van der Waals surface area contributed by atoms with Crippen LogP contribution in [0.1, 0.15) is 30.7 Å². The van der Waals surface area contributed by atoms with Crippen LogP contribution >= 0.6 is 0 Å². The van der Waals surface area contributed by atoms with Crippen LogP contribution in [0.2, 0.25) is 0 Å². The molecule has 1 N–H and O–H groups in total.